The van der Waals surface area contributed by atoms with Crippen molar-refractivity contribution in [2.45, 2.75) is 63.6 Å². The van der Waals surface area contributed by atoms with Crippen molar-refractivity contribution in [3.8, 4) is 0 Å². The molecule has 11 nitrogen and oxygen atoms in total. The van der Waals surface area contributed by atoms with Crippen LogP contribution in [-0.4, -0.2) is 55.9 Å². The number of nitrogens with zero attached hydrogens (tertiary/aromatic N) is 3. The molecule has 1 atom stereocenters. The summed E-state index contributed by atoms with van der Waals surface area (Å²) in [5, 5.41) is 5.93. The number of carbonyl (C=O) groups excluding carboxylic acids is 2. The van der Waals surface area contributed by atoms with Crippen molar-refractivity contribution in [3.05, 3.63) is 68.6 Å². The van der Waals surface area contributed by atoms with Gasteiger partial charge in [0.1, 0.15) is 22.1 Å². The number of alkyl carbamates (subject to hydrolysis) is 1. The number of carbonyl (C=O) groups is 2. The molecule has 1 aromatic carbocycles. The second-order valence-electron chi connectivity index (χ2n) is 10.9. The number of thiazole rings is 1. The first-order chi connectivity index (χ1) is 21.1. The maximum Gasteiger partial charge on any atom is 0.407 e. The van der Waals surface area contributed by atoms with Crippen molar-refractivity contribution < 1.29 is 35.9 Å². The van der Waals surface area contributed by atoms with Crippen LogP contribution in [0.4, 0.5) is 18.0 Å². The molecule has 3 N–H and O–H groups in total. The number of guanidine groups is 1. The first kappa shape index (κ1) is 33.6. The lowest BCUT2D eigenvalue weighted by atomic mass is 10.0. The first-order valence-electron chi connectivity index (χ1n) is 13.7. The number of ether oxygens (including phenoxy) is 1. The first-order valence-corrected chi connectivity index (χ1v) is 16.0. The molecule has 4 rings (SSSR count). The summed E-state index contributed by atoms with van der Waals surface area (Å²) < 4.78 is 77.6. The molecule has 0 bridgehead atoms. The molecule has 240 valence electrons. The summed E-state index contributed by atoms with van der Waals surface area (Å²) in [5.41, 5.74) is -0.659. The van der Waals surface area contributed by atoms with Gasteiger partial charge in [0.15, 0.2) is 6.17 Å². The standard InChI is InChI=1S/C29H31F3N6O5S2/c1-16(39)35-27-33-14-12-21(36-27)26-25(37-23(44-26)9-6-13-34-28(40)43-29(2,3)4)18-7-5-8-20(24(18)32)38-45(41,42)22-15-17(30)10-11-19(22)31/h5,7-8,10-11,14-15,24,38H,6,9,12-13H2,1-4H3,(H,34,40)(H,35,36,39). The molecule has 45 heavy (non-hydrogen) atoms. The van der Waals surface area contributed by atoms with Crippen LogP contribution < -0.4 is 25.2 Å². The Hall–Kier alpha value is -4.31. The third-order valence-corrected chi connectivity index (χ3v) is 8.56. The molecule has 1 aliphatic heterocycles. The molecule has 2 aromatic rings. The summed E-state index contributed by atoms with van der Waals surface area (Å²) in [6, 6.07) is 1.93. The highest BCUT2D eigenvalue weighted by molar-refractivity contribution is 7.89. The Balaban J connectivity index is 1.70. The number of aliphatic imine (C=N–C) groups is 2. The lowest BCUT2D eigenvalue weighted by Gasteiger charge is -2.19. The molecule has 0 saturated heterocycles. The Bertz CT molecular complexity index is 1860. The van der Waals surface area contributed by atoms with Crippen molar-refractivity contribution in [1.29, 1.82) is 0 Å². The van der Waals surface area contributed by atoms with E-state index in [1.54, 1.807) is 20.8 Å². The molecule has 16 heteroatoms. The fraction of sp³-hybridized carbons (Fsp3) is 0.345. The smallest absolute Gasteiger partial charge is 0.407 e. The van der Waals surface area contributed by atoms with E-state index in [2.05, 4.69) is 25.6 Å². The predicted molar refractivity (Wildman–Crippen MR) is 164 cm³/mol. The monoisotopic (exact) mass is 664 g/mol. The summed E-state index contributed by atoms with van der Waals surface area (Å²) in [6.45, 7) is 6.83. The van der Waals surface area contributed by atoms with E-state index in [0.29, 0.717) is 40.2 Å². The van der Waals surface area contributed by atoms with Gasteiger partial charge in [0.05, 0.1) is 26.3 Å². The fourth-order valence-corrected chi connectivity index (χ4v) is 6.47. The summed E-state index contributed by atoms with van der Waals surface area (Å²) >= 11 is 1.22. The van der Waals surface area contributed by atoms with E-state index in [4.69, 9.17) is 4.74 Å². The number of aromatic nitrogens is 1. The third kappa shape index (κ3) is 8.88. The number of hydrogen-bond acceptors (Lipinski definition) is 9. The highest BCUT2D eigenvalue weighted by atomic mass is 32.2. The van der Waals surface area contributed by atoms with Gasteiger partial charge in [0.25, 0.3) is 10.0 Å². The van der Waals surface area contributed by atoms with Gasteiger partial charge >= 0.3 is 6.09 Å². The van der Waals surface area contributed by atoms with Crippen LogP contribution in [0.15, 0.2) is 57.0 Å². The van der Waals surface area contributed by atoms with Crippen molar-refractivity contribution in [3.63, 3.8) is 0 Å². The number of alkyl halides is 1. The molecule has 1 unspecified atom stereocenters. The van der Waals surface area contributed by atoms with Crippen LogP contribution in [0.3, 0.4) is 0 Å². The van der Waals surface area contributed by atoms with Gasteiger partial charge < -0.3 is 10.1 Å². The zero-order valence-corrected chi connectivity index (χ0v) is 26.4. The van der Waals surface area contributed by atoms with Crippen molar-refractivity contribution in [2.75, 3.05) is 6.54 Å². The topological polar surface area (TPSA) is 151 Å². The number of sulfonamides is 1. The Morgan fingerprint density at radius 3 is 2.67 bits per heavy atom. The molecule has 1 aromatic heterocycles. The Kier molecular flexibility index (Phi) is 10.3. The summed E-state index contributed by atoms with van der Waals surface area (Å²) in [6.07, 6.45) is 4.00. The fourth-order valence-electron chi connectivity index (χ4n) is 4.16. The SMILES string of the molecule is CC(=O)NC1=NC(=c2sc(CCCNC(=O)OC(C)(C)C)nc2=C2C=CC=C(NS(=O)(=O)c3cc(F)ccc3F)C2F)CC=N1. The minimum absolute atomic E-state index is 0.00872. The van der Waals surface area contributed by atoms with Crippen LogP contribution in [0.5, 0.6) is 0 Å². The van der Waals surface area contributed by atoms with Gasteiger partial charge in [-0.25, -0.2) is 41.4 Å². The van der Waals surface area contributed by atoms with E-state index in [-0.39, 0.29) is 35.8 Å². The Morgan fingerprint density at radius 1 is 1.20 bits per heavy atom. The number of nitrogens with one attached hydrogen (secondary N) is 3. The molecule has 2 heterocycles. The summed E-state index contributed by atoms with van der Waals surface area (Å²) in [7, 11) is -4.70. The average Bonchev–Trinajstić information content (AvgIpc) is 3.36. The zero-order chi connectivity index (χ0) is 32.9. The van der Waals surface area contributed by atoms with Crippen LogP contribution >= 0.6 is 11.3 Å². The number of amides is 2. The minimum Gasteiger partial charge on any atom is -0.444 e. The molecule has 0 fully saturated rings. The van der Waals surface area contributed by atoms with Gasteiger partial charge in [-0.1, -0.05) is 12.2 Å². The highest BCUT2D eigenvalue weighted by Crippen LogP contribution is 2.24. The Labute approximate surface area is 261 Å². The molecule has 0 saturated carbocycles. The van der Waals surface area contributed by atoms with Gasteiger partial charge in [-0.15, -0.1) is 11.3 Å². The van der Waals surface area contributed by atoms with Gasteiger partial charge in [-0.05, 0) is 51.5 Å². The number of halogens is 3. The van der Waals surface area contributed by atoms with Crippen LogP contribution in [0.25, 0.3) is 11.3 Å². The molecule has 2 amide bonds. The second kappa shape index (κ2) is 13.8. The average molecular weight is 665 g/mol. The molecule has 0 spiro atoms. The number of aryl methyl sites for hydroxylation is 1. The molecule has 0 radical (unpaired) electrons. The van der Waals surface area contributed by atoms with Gasteiger partial charge in [0.2, 0.25) is 11.9 Å². The minimum atomic E-state index is -4.70. The largest absolute Gasteiger partial charge is 0.444 e. The summed E-state index contributed by atoms with van der Waals surface area (Å²) in [4.78, 5) is 35.7. The van der Waals surface area contributed by atoms with E-state index in [1.165, 1.54) is 42.7 Å². The van der Waals surface area contributed by atoms with E-state index in [0.717, 1.165) is 6.07 Å². The number of allylic oxidation sites excluding steroid dienone is 4. The second-order valence-corrected chi connectivity index (χ2v) is 13.6. The van der Waals surface area contributed by atoms with E-state index in [1.807, 2.05) is 4.72 Å². The summed E-state index contributed by atoms with van der Waals surface area (Å²) in [5.74, 6) is -2.53. The molecular formula is C29H31F3N6O5S2. The Morgan fingerprint density at radius 2 is 1.96 bits per heavy atom. The molecule has 1 aliphatic carbocycles. The van der Waals surface area contributed by atoms with E-state index < -0.39 is 50.1 Å². The van der Waals surface area contributed by atoms with Crippen LogP contribution in [0, 0.1) is 11.6 Å². The van der Waals surface area contributed by atoms with Crippen LogP contribution in [0.2, 0.25) is 0 Å². The highest BCUT2D eigenvalue weighted by Gasteiger charge is 2.28. The van der Waals surface area contributed by atoms with Gasteiger partial charge in [-0.2, -0.15) is 0 Å². The maximum atomic E-state index is 16.1. The van der Waals surface area contributed by atoms with E-state index in [9.17, 15) is 26.8 Å². The third-order valence-electron chi connectivity index (χ3n) is 6.00. The number of rotatable bonds is 7. The molecule has 2 aliphatic rings. The quantitative estimate of drug-likeness (QED) is 0.388. The van der Waals surface area contributed by atoms with Crippen molar-refractivity contribution in [1.82, 2.24) is 20.3 Å². The predicted octanol–water partition coefficient (Wildman–Crippen LogP) is 2.87. The number of hydrogen-bond donors (Lipinski definition) is 3. The lowest BCUT2D eigenvalue weighted by molar-refractivity contribution is -0.117. The van der Waals surface area contributed by atoms with Crippen molar-refractivity contribution >= 4 is 56.8 Å². The van der Waals surface area contributed by atoms with Crippen molar-refractivity contribution in [2.24, 2.45) is 9.98 Å². The zero-order valence-electron chi connectivity index (χ0n) is 24.8. The van der Waals surface area contributed by atoms with Crippen LogP contribution in [-0.2, 0) is 26.0 Å². The van der Waals surface area contributed by atoms with E-state index >= 15 is 4.39 Å². The van der Waals surface area contributed by atoms with Gasteiger partial charge in [-0.3, -0.25) is 14.8 Å². The molecular weight excluding hydrogens is 633 g/mol. The number of benzene rings is 1. The lowest BCUT2D eigenvalue weighted by Crippen LogP contribution is -2.36. The van der Waals surface area contributed by atoms with Crippen LogP contribution in [0.1, 0.15) is 45.5 Å². The normalized spacial score (nSPS) is 19.0. The maximum absolute atomic E-state index is 16.1. The van der Waals surface area contributed by atoms with Gasteiger partial charge in [0, 0.05) is 38.1 Å².